The minimum Gasteiger partial charge on any atom is -0.508 e. The second-order valence-electron chi connectivity index (χ2n) is 9.71. The lowest BCUT2D eigenvalue weighted by atomic mass is 10.0. The number of phenols is 1. The van der Waals surface area contributed by atoms with Crippen LogP contribution < -0.4 is 15.1 Å². The largest absolute Gasteiger partial charge is 0.508 e. The van der Waals surface area contributed by atoms with Crippen LogP contribution in [0.1, 0.15) is 5.56 Å². The molecule has 0 aliphatic carbocycles. The number of amides is 1. The van der Waals surface area contributed by atoms with E-state index in [4.69, 9.17) is 4.98 Å². The summed E-state index contributed by atoms with van der Waals surface area (Å²) in [6.45, 7) is 3.34. The van der Waals surface area contributed by atoms with E-state index in [1.54, 1.807) is 12.1 Å². The Morgan fingerprint density at radius 2 is 1.51 bits per heavy atom. The first kappa shape index (κ1) is 24.4. The highest BCUT2D eigenvalue weighted by atomic mass is 16.3. The van der Waals surface area contributed by atoms with Crippen LogP contribution in [0.5, 0.6) is 5.75 Å². The fraction of sp³-hybridized carbons (Fsp3) is 0.156. The predicted octanol–water partition coefficient (Wildman–Crippen LogP) is 5.51. The Bertz CT molecular complexity index is 1600. The van der Waals surface area contributed by atoms with E-state index in [-0.39, 0.29) is 11.7 Å². The summed E-state index contributed by atoms with van der Waals surface area (Å²) in [6, 6.07) is 31.1. The number of aromatic hydroxyl groups is 1. The average molecular weight is 516 g/mol. The number of phenolic OH excluding ortho intramolecular Hbond substituents is 1. The van der Waals surface area contributed by atoms with Gasteiger partial charge >= 0.3 is 0 Å². The first-order valence-electron chi connectivity index (χ1n) is 13.1. The van der Waals surface area contributed by atoms with Crippen LogP contribution in [0, 0.1) is 0 Å². The van der Waals surface area contributed by atoms with Gasteiger partial charge in [0.15, 0.2) is 0 Å². The lowest BCUT2D eigenvalue weighted by Gasteiger charge is -2.36. The number of hydrogen-bond acceptors (Lipinski definition) is 6. The number of anilines is 3. The Morgan fingerprint density at radius 1 is 0.769 bits per heavy atom. The normalized spacial score (nSPS) is 13.4. The lowest BCUT2D eigenvalue weighted by Crippen LogP contribution is -2.46. The molecule has 0 radical (unpaired) electrons. The SMILES string of the molecule is O=C(Cc1ccccc1)Nc1ccc(-c2ccc3ncc(N4CCN(c5cccc(O)c5)CC4)nc3c2)cc1. The van der Waals surface area contributed by atoms with Crippen LogP contribution in [-0.4, -0.2) is 47.2 Å². The number of nitrogens with one attached hydrogen (secondary N) is 1. The number of carbonyl (C=O) groups is 1. The molecule has 39 heavy (non-hydrogen) atoms. The molecule has 1 amide bonds. The maximum atomic E-state index is 12.4. The minimum absolute atomic E-state index is 0.0368. The molecule has 4 aromatic carbocycles. The molecule has 2 heterocycles. The van der Waals surface area contributed by atoms with Crippen molar-refractivity contribution in [2.45, 2.75) is 6.42 Å². The van der Waals surface area contributed by atoms with Crippen molar-refractivity contribution in [3.05, 3.63) is 109 Å². The molecule has 7 nitrogen and oxygen atoms in total. The van der Waals surface area contributed by atoms with Crippen LogP contribution >= 0.6 is 0 Å². The van der Waals surface area contributed by atoms with Crippen LogP contribution in [0.25, 0.3) is 22.2 Å². The molecule has 1 aliphatic heterocycles. The van der Waals surface area contributed by atoms with Gasteiger partial charge in [0, 0.05) is 43.6 Å². The molecule has 6 rings (SSSR count). The highest BCUT2D eigenvalue weighted by molar-refractivity contribution is 5.92. The molecule has 0 unspecified atom stereocenters. The van der Waals surface area contributed by atoms with Gasteiger partial charge in [-0.1, -0.05) is 54.6 Å². The van der Waals surface area contributed by atoms with E-state index in [2.05, 4.69) is 26.2 Å². The van der Waals surface area contributed by atoms with E-state index in [0.717, 1.165) is 71.1 Å². The molecule has 0 spiro atoms. The van der Waals surface area contributed by atoms with E-state index < -0.39 is 0 Å². The summed E-state index contributed by atoms with van der Waals surface area (Å²) >= 11 is 0. The van der Waals surface area contributed by atoms with Crippen LogP contribution in [0.3, 0.4) is 0 Å². The molecule has 0 bridgehead atoms. The van der Waals surface area contributed by atoms with Crippen LogP contribution in [0.15, 0.2) is 103 Å². The Kier molecular flexibility index (Phi) is 6.78. The van der Waals surface area contributed by atoms with Gasteiger partial charge in [0.2, 0.25) is 5.91 Å². The van der Waals surface area contributed by atoms with Crippen LogP contribution in [0.4, 0.5) is 17.2 Å². The molecule has 1 saturated heterocycles. The molecule has 194 valence electrons. The van der Waals surface area contributed by atoms with Gasteiger partial charge in [0.05, 0.1) is 23.7 Å². The molecule has 2 N–H and O–H groups in total. The van der Waals surface area contributed by atoms with Gasteiger partial charge in [-0.15, -0.1) is 0 Å². The Balaban J connectivity index is 1.13. The third-order valence-electron chi connectivity index (χ3n) is 7.04. The molecule has 0 saturated carbocycles. The maximum absolute atomic E-state index is 12.4. The fourth-order valence-corrected chi connectivity index (χ4v) is 4.95. The molecular formula is C32H29N5O2. The number of hydrogen-bond donors (Lipinski definition) is 2. The van der Waals surface area contributed by atoms with E-state index in [1.165, 1.54) is 0 Å². The van der Waals surface area contributed by atoms with Crippen molar-refractivity contribution in [2.24, 2.45) is 0 Å². The van der Waals surface area contributed by atoms with Gasteiger partial charge in [-0.25, -0.2) is 4.98 Å². The number of piperazine rings is 1. The lowest BCUT2D eigenvalue weighted by molar-refractivity contribution is -0.115. The van der Waals surface area contributed by atoms with Gasteiger partial charge in [0.1, 0.15) is 11.6 Å². The predicted molar refractivity (Wildman–Crippen MR) is 156 cm³/mol. The number of benzene rings is 4. The first-order chi connectivity index (χ1) is 19.1. The Morgan fingerprint density at radius 3 is 2.28 bits per heavy atom. The van der Waals surface area contributed by atoms with Crippen molar-refractivity contribution in [1.82, 2.24) is 9.97 Å². The van der Waals surface area contributed by atoms with Crippen molar-refractivity contribution in [2.75, 3.05) is 41.3 Å². The highest BCUT2D eigenvalue weighted by Gasteiger charge is 2.19. The number of rotatable bonds is 6. The number of fused-ring (bicyclic) bond motifs is 1. The zero-order valence-corrected chi connectivity index (χ0v) is 21.5. The van der Waals surface area contributed by atoms with Crippen molar-refractivity contribution < 1.29 is 9.90 Å². The number of nitrogens with zero attached hydrogens (tertiary/aromatic N) is 4. The second-order valence-corrected chi connectivity index (χ2v) is 9.71. The number of carbonyl (C=O) groups excluding carboxylic acids is 1. The molecule has 0 atom stereocenters. The zero-order chi connectivity index (χ0) is 26.6. The highest BCUT2D eigenvalue weighted by Crippen LogP contribution is 2.27. The quantitative estimate of drug-likeness (QED) is 0.310. The molecule has 1 aliphatic rings. The van der Waals surface area contributed by atoms with E-state index >= 15 is 0 Å². The minimum atomic E-state index is -0.0368. The molecular weight excluding hydrogens is 486 g/mol. The summed E-state index contributed by atoms with van der Waals surface area (Å²) in [7, 11) is 0. The standard InChI is InChI=1S/C32H29N5O2/c38-28-8-4-7-27(21-28)36-15-17-37(18-16-36)31-22-33-29-14-11-25(20-30(29)35-31)24-9-12-26(13-10-24)34-32(39)19-23-5-2-1-3-6-23/h1-14,20-22,38H,15-19H2,(H,34,39). The zero-order valence-electron chi connectivity index (χ0n) is 21.5. The van der Waals surface area contributed by atoms with Crippen LogP contribution in [-0.2, 0) is 11.2 Å². The van der Waals surface area contributed by atoms with E-state index in [9.17, 15) is 9.90 Å². The number of aromatic nitrogens is 2. The van der Waals surface area contributed by atoms with Gasteiger partial charge in [-0.3, -0.25) is 9.78 Å². The summed E-state index contributed by atoms with van der Waals surface area (Å²) in [6.07, 6.45) is 2.19. The van der Waals surface area contributed by atoms with Crippen molar-refractivity contribution >= 4 is 34.1 Å². The van der Waals surface area contributed by atoms with Gasteiger partial charge in [-0.05, 0) is 53.1 Å². The van der Waals surface area contributed by atoms with E-state index in [1.807, 2.05) is 85.1 Å². The maximum Gasteiger partial charge on any atom is 0.228 e. The molecule has 5 aromatic rings. The summed E-state index contributed by atoms with van der Waals surface area (Å²) in [5, 5.41) is 12.8. The van der Waals surface area contributed by atoms with Gasteiger partial charge in [-0.2, -0.15) is 0 Å². The third kappa shape index (κ3) is 5.67. The van der Waals surface area contributed by atoms with Crippen molar-refractivity contribution in [1.29, 1.82) is 0 Å². The van der Waals surface area contributed by atoms with E-state index in [0.29, 0.717) is 6.42 Å². The topological polar surface area (TPSA) is 81.6 Å². The summed E-state index contributed by atoms with van der Waals surface area (Å²) in [4.78, 5) is 26.5. The smallest absolute Gasteiger partial charge is 0.228 e. The average Bonchev–Trinajstić information content (AvgIpc) is 2.97. The summed E-state index contributed by atoms with van der Waals surface area (Å²) in [5.74, 6) is 1.12. The molecule has 1 fully saturated rings. The second kappa shape index (κ2) is 10.8. The Hall–Kier alpha value is -4.91. The monoisotopic (exact) mass is 515 g/mol. The summed E-state index contributed by atoms with van der Waals surface area (Å²) < 4.78 is 0. The van der Waals surface area contributed by atoms with Crippen LogP contribution in [0.2, 0.25) is 0 Å². The Labute approximate surface area is 227 Å². The first-order valence-corrected chi connectivity index (χ1v) is 13.1. The third-order valence-corrected chi connectivity index (χ3v) is 7.04. The van der Waals surface area contributed by atoms with Crippen molar-refractivity contribution in [3.8, 4) is 16.9 Å². The van der Waals surface area contributed by atoms with Gasteiger partial charge < -0.3 is 20.2 Å². The molecule has 1 aromatic heterocycles. The van der Waals surface area contributed by atoms with Gasteiger partial charge in [0.25, 0.3) is 0 Å². The fourth-order valence-electron chi connectivity index (χ4n) is 4.95. The summed E-state index contributed by atoms with van der Waals surface area (Å²) in [5.41, 5.74) is 6.58. The van der Waals surface area contributed by atoms with Crippen molar-refractivity contribution in [3.63, 3.8) is 0 Å². The molecule has 7 heteroatoms.